The van der Waals surface area contributed by atoms with E-state index in [1.807, 2.05) is 0 Å². The molecule has 0 unspecified atom stereocenters. The Kier molecular flexibility index (Phi) is 3.13. The Morgan fingerprint density at radius 1 is 1.54 bits per heavy atom. The minimum absolute atomic E-state index is 0.112. The van der Waals surface area contributed by atoms with Crippen LogP contribution in [0.3, 0.4) is 0 Å². The molecule has 0 saturated heterocycles. The fraction of sp³-hybridized carbons (Fsp3) is 0.286. The van der Waals surface area contributed by atoms with E-state index < -0.39 is 17.9 Å². The number of alkyl halides is 2. The topological polar surface area (TPSA) is 22.1 Å². The first-order valence-corrected chi connectivity index (χ1v) is 4.03. The van der Waals surface area contributed by atoms with Gasteiger partial charge in [0.2, 0.25) is 0 Å². The molecule has 0 spiro atoms. The van der Waals surface area contributed by atoms with Crippen LogP contribution < -0.4 is 4.74 Å². The van der Waals surface area contributed by atoms with Gasteiger partial charge in [-0.1, -0.05) is 0 Å². The number of hydrogen-bond donors (Lipinski definition) is 0. The summed E-state index contributed by atoms with van der Waals surface area (Å²) in [6.45, 7) is 0. The largest absolute Gasteiger partial charge is 0.494 e. The van der Waals surface area contributed by atoms with Gasteiger partial charge < -0.3 is 4.74 Å². The van der Waals surface area contributed by atoms with Crippen LogP contribution in [0.1, 0.15) is 12.1 Å². The highest BCUT2D eigenvalue weighted by molar-refractivity contribution is 9.10. The minimum Gasteiger partial charge on any atom is -0.494 e. The molecule has 0 fully saturated rings. The van der Waals surface area contributed by atoms with Crippen molar-refractivity contribution in [1.82, 2.24) is 4.98 Å². The molecule has 6 heteroatoms. The molecule has 0 bridgehead atoms. The molecule has 0 aliphatic rings. The van der Waals surface area contributed by atoms with Crippen LogP contribution in [0.5, 0.6) is 5.75 Å². The summed E-state index contributed by atoms with van der Waals surface area (Å²) in [6, 6.07) is 1.18. The molecule has 0 radical (unpaired) electrons. The van der Waals surface area contributed by atoms with E-state index in [1.165, 1.54) is 13.2 Å². The summed E-state index contributed by atoms with van der Waals surface area (Å²) in [7, 11) is 1.19. The highest BCUT2D eigenvalue weighted by atomic mass is 79.9. The first-order chi connectivity index (χ1) is 6.06. The predicted octanol–water partition coefficient (Wildman–Crippen LogP) is 2.93. The van der Waals surface area contributed by atoms with Gasteiger partial charge in [-0.3, -0.25) is 0 Å². The van der Waals surface area contributed by atoms with Gasteiger partial charge in [-0.15, -0.1) is 0 Å². The van der Waals surface area contributed by atoms with Gasteiger partial charge >= 0.3 is 0 Å². The van der Waals surface area contributed by atoms with Gasteiger partial charge in [-0.2, -0.15) is 0 Å². The molecule has 0 amide bonds. The zero-order valence-corrected chi connectivity index (χ0v) is 8.11. The Balaban J connectivity index is 3.27. The lowest BCUT2D eigenvalue weighted by molar-refractivity contribution is 0.139. The number of rotatable bonds is 2. The predicted molar refractivity (Wildman–Crippen MR) is 43.4 cm³/mol. The first kappa shape index (κ1) is 10.3. The number of ether oxygens (including phenoxy) is 1. The number of methoxy groups -OCH3 is 1. The van der Waals surface area contributed by atoms with Gasteiger partial charge in [0.25, 0.3) is 6.43 Å². The van der Waals surface area contributed by atoms with Crippen LogP contribution in [0.4, 0.5) is 13.2 Å². The van der Waals surface area contributed by atoms with Crippen LogP contribution in [0.2, 0.25) is 0 Å². The lowest BCUT2D eigenvalue weighted by Gasteiger charge is -2.06. The number of halogens is 4. The Morgan fingerprint density at radius 3 is 2.62 bits per heavy atom. The molecule has 72 valence electrons. The standard InChI is InChI=1S/C7H5BrF3NO/c1-13-3-2-4(8)12-6(5(3)9)7(10)11/h2,7H,1H3. The van der Waals surface area contributed by atoms with E-state index in [1.54, 1.807) is 0 Å². The maximum absolute atomic E-state index is 13.0. The number of nitrogens with zero attached hydrogens (tertiary/aromatic N) is 1. The molecule has 13 heavy (non-hydrogen) atoms. The fourth-order valence-electron chi connectivity index (χ4n) is 0.787. The molecule has 1 aromatic rings. The van der Waals surface area contributed by atoms with Crippen LogP contribution in [0.15, 0.2) is 10.7 Å². The molecular formula is C7H5BrF3NO. The van der Waals surface area contributed by atoms with Crippen molar-refractivity contribution in [3.05, 3.63) is 22.2 Å². The van der Waals surface area contributed by atoms with Crippen LogP contribution >= 0.6 is 15.9 Å². The zero-order valence-electron chi connectivity index (χ0n) is 6.52. The summed E-state index contributed by atoms with van der Waals surface area (Å²) in [5, 5.41) is 0. The maximum Gasteiger partial charge on any atom is 0.283 e. The third-order valence-electron chi connectivity index (χ3n) is 1.35. The highest BCUT2D eigenvalue weighted by Crippen LogP contribution is 2.28. The van der Waals surface area contributed by atoms with Crippen molar-refractivity contribution in [1.29, 1.82) is 0 Å². The molecule has 0 saturated carbocycles. The normalized spacial score (nSPS) is 10.6. The van der Waals surface area contributed by atoms with Crippen LogP contribution in [-0.2, 0) is 0 Å². The second-order valence-electron chi connectivity index (χ2n) is 2.15. The SMILES string of the molecule is COc1cc(Br)nc(C(F)F)c1F. The van der Waals surface area contributed by atoms with Crippen molar-refractivity contribution in [3.8, 4) is 5.75 Å². The van der Waals surface area contributed by atoms with E-state index in [0.29, 0.717) is 0 Å². The molecular weight excluding hydrogens is 251 g/mol. The van der Waals surface area contributed by atoms with E-state index >= 15 is 0 Å². The molecule has 0 N–H and O–H groups in total. The van der Waals surface area contributed by atoms with E-state index in [9.17, 15) is 13.2 Å². The summed E-state index contributed by atoms with van der Waals surface area (Å²) in [6.07, 6.45) is -2.95. The number of pyridine rings is 1. The number of aromatic nitrogens is 1. The van der Waals surface area contributed by atoms with Crippen molar-refractivity contribution in [2.75, 3.05) is 7.11 Å². The third kappa shape index (κ3) is 2.12. The van der Waals surface area contributed by atoms with Crippen molar-refractivity contribution in [3.63, 3.8) is 0 Å². The molecule has 0 atom stereocenters. The first-order valence-electron chi connectivity index (χ1n) is 3.24. The third-order valence-corrected chi connectivity index (χ3v) is 1.75. The van der Waals surface area contributed by atoms with E-state index in [0.717, 1.165) is 0 Å². The summed E-state index contributed by atoms with van der Waals surface area (Å²) in [4.78, 5) is 3.29. The smallest absolute Gasteiger partial charge is 0.283 e. The second kappa shape index (κ2) is 3.95. The summed E-state index contributed by atoms with van der Waals surface area (Å²) < 4.78 is 42.0. The van der Waals surface area contributed by atoms with Crippen molar-refractivity contribution >= 4 is 15.9 Å². The molecule has 1 heterocycles. The van der Waals surface area contributed by atoms with Gasteiger partial charge in [-0.25, -0.2) is 18.2 Å². The Morgan fingerprint density at radius 2 is 2.15 bits per heavy atom. The Labute approximate surface area is 80.9 Å². The van der Waals surface area contributed by atoms with Crippen molar-refractivity contribution in [2.24, 2.45) is 0 Å². The van der Waals surface area contributed by atoms with Gasteiger partial charge in [0.05, 0.1) is 7.11 Å². The average molecular weight is 256 g/mol. The van der Waals surface area contributed by atoms with Gasteiger partial charge in [-0.05, 0) is 15.9 Å². The summed E-state index contributed by atoms with van der Waals surface area (Å²) in [5.74, 6) is -1.38. The van der Waals surface area contributed by atoms with E-state index in [2.05, 4.69) is 25.7 Å². The molecule has 2 nitrogen and oxygen atoms in total. The Hall–Kier alpha value is -0.780. The van der Waals surface area contributed by atoms with Gasteiger partial charge in [0, 0.05) is 6.07 Å². The number of hydrogen-bond acceptors (Lipinski definition) is 2. The highest BCUT2D eigenvalue weighted by Gasteiger charge is 2.19. The van der Waals surface area contributed by atoms with E-state index in [4.69, 9.17) is 0 Å². The molecule has 1 aromatic heterocycles. The minimum atomic E-state index is -2.95. The van der Waals surface area contributed by atoms with Crippen LogP contribution in [-0.4, -0.2) is 12.1 Å². The Bertz CT molecular complexity index is 319. The quantitative estimate of drug-likeness (QED) is 0.759. The van der Waals surface area contributed by atoms with Crippen molar-refractivity contribution < 1.29 is 17.9 Å². The van der Waals surface area contributed by atoms with Gasteiger partial charge in [0.1, 0.15) is 10.3 Å². The lowest BCUT2D eigenvalue weighted by atomic mass is 10.3. The maximum atomic E-state index is 13.0. The lowest BCUT2D eigenvalue weighted by Crippen LogP contribution is -1.99. The fourth-order valence-corrected chi connectivity index (χ4v) is 1.19. The monoisotopic (exact) mass is 255 g/mol. The van der Waals surface area contributed by atoms with E-state index in [-0.39, 0.29) is 10.4 Å². The molecule has 0 aliphatic carbocycles. The van der Waals surface area contributed by atoms with Crippen LogP contribution in [0, 0.1) is 5.82 Å². The van der Waals surface area contributed by atoms with Gasteiger partial charge in [0.15, 0.2) is 11.6 Å². The molecule has 0 aliphatic heterocycles. The second-order valence-corrected chi connectivity index (χ2v) is 2.96. The van der Waals surface area contributed by atoms with Crippen LogP contribution in [0.25, 0.3) is 0 Å². The van der Waals surface area contributed by atoms with Crippen molar-refractivity contribution in [2.45, 2.75) is 6.43 Å². The summed E-state index contributed by atoms with van der Waals surface area (Å²) in [5.41, 5.74) is -0.911. The summed E-state index contributed by atoms with van der Waals surface area (Å²) >= 11 is 2.87. The average Bonchev–Trinajstić information content (AvgIpc) is 2.08. The molecule has 0 aromatic carbocycles. The molecule has 1 rings (SSSR count). The zero-order chi connectivity index (χ0) is 10.0.